The summed E-state index contributed by atoms with van der Waals surface area (Å²) >= 11 is 3.49. The molecule has 1 heterocycles. The lowest BCUT2D eigenvalue weighted by molar-refractivity contribution is 0.532. The molecule has 0 spiro atoms. The van der Waals surface area contributed by atoms with Crippen molar-refractivity contribution < 1.29 is 4.42 Å². The van der Waals surface area contributed by atoms with Gasteiger partial charge in [0.2, 0.25) is 5.89 Å². The second-order valence-corrected chi connectivity index (χ2v) is 4.34. The minimum atomic E-state index is 0.338. The van der Waals surface area contributed by atoms with Crippen LogP contribution in [0.1, 0.15) is 24.8 Å². The smallest absolute Gasteiger partial charge is 0.209 e. The van der Waals surface area contributed by atoms with Gasteiger partial charge in [0.05, 0.1) is 11.0 Å². The van der Waals surface area contributed by atoms with Crippen LogP contribution in [0, 0.1) is 0 Å². The summed E-state index contributed by atoms with van der Waals surface area (Å²) in [4.78, 5) is 4.31. The van der Waals surface area contributed by atoms with Gasteiger partial charge < -0.3 is 10.2 Å². The van der Waals surface area contributed by atoms with Crippen LogP contribution in [0.3, 0.4) is 0 Å². The lowest BCUT2D eigenvalue weighted by Gasteiger charge is -1.99. The van der Waals surface area contributed by atoms with Gasteiger partial charge in [-0.1, -0.05) is 13.3 Å². The van der Waals surface area contributed by atoms with Crippen molar-refractivity contribution in [3.05, 3.63) is 28.1 Å². The van der Waals surface area contributed by atoms with Gasteiger partial charge in [-0.15, -0.1) is 0 Å². The number of hydrogen-bond donors (Lipinski definition) is 1. The molecule has 0 unspecified atom stereocenters. The Kier molecular flexibility index (Phi) is 3.07. The zero-order valence-corrected chi connectivity index (χ0v) is 10.2. The third kappa shape index (κ3) is 2.06. The van der Waals surface area contributed by atoms with Crippen molar-refractivity contribution in [3.8, 4) is 0 Å². The van der Waals surface area contributed by atoms with Crippen molar-refractivity contribution in [2.24, 2.45) is 5.73 Å². The Morgan fingerprint density at radius 3 is 2.93 bits per heavy atom. The standard InChI is InChI=1S/C11H13BrN2O/c1-2-3-7-4-8(12)11-9(5-7)14-10(6-13)15-11/h4-5H,2-3,6,13H2,1H3. The van der Waals surface area contributed by atoms with Gasteiger partial charge in [-0.05, 0) is 40.0 Å². The van der Waals surface area contributed by atoms with Gasteiger partial charge in [-0.3, -0.25) is 0 Å². The quantitative estimate of drug-likeness (QED) is 0.931. The van der Waals surface area contributed by atoms with E-state index in [2.05, 4.69) is 40.0 Å². The largest absolute Gasteiger partial charge is 0.438 e. The molecule has 0 aliphatic heterocycles. The second kappa shape index (κ2) is 4.33. The van der Waals surface area contributed by atoms with Crippen LogP contribution in [0.5, 0.6) is 0 Å². The molecule has 4 heteroatoms. The van der Waals surface area contributed by atoms with Crippen molar-refractivity contribution in [3.63, 3.8) is 0 Å². The number of fused-ring (bicyclic) bond motifs is 1. The van der Waals surface area contributed by atoms with Gasteiger partial charge in [0.15, 0.2) is 5.58 Å². The van der Waals surface area contributed by atoms with Crippen LogP contribution in [-0.2, 0) is 13.0 Å². The summed E-state index contributed by atoms with van der Waals surface area (Å²) < 4.78 is 6.45. The zero-order chi connectivity index (χ0) is 10.8. The van der Waals surface area contributed by atoms with Crippen molar-refractivity contribution in [1.29, 1.82) is 0 Å². The van der Waals surface area contributed by atoms with E-state index in [-0.39, 0.29) is 0 Å². The van der Waals surface area contributed by atoms with Gasteiger partial charge in [-0.25, -0.2) is 4.98 Å². The first-order valence-corrected chi connectivity index (χ1v) is 5.81. The second-order valence-electron chi connectivity index (χ2n) is 3.49. The Hall–Kier alpha value is -0.870. The fourth-order valence-electron chi connectivity index (χ4n) is 1.61. The molecule has 15 heavy (non-hydrogen) atoms. The van der Waals surface area contributed by atoms with Gasteiger partial charge in [0.25, 0.3) is 0 Å². The maximum absolute atomic E-state index is 5.50. The van der Waals surface area contributed by atoms with E-state index < -0.39 is 0 Å². The summed E-state index contributed by atoms with van der Waals surface area (Å²) in [6.45, 7) is 2.50. The number of halogens is 1. The van der Waals surface area contributed by atoms with Crippen LogP contribution in [-0.4, -0.2) is 4.98 Å². The molecule has 0 bridgehead atoms. The Morgan fingerprint density at radius 2 is 2.27 bits per heavy atom. The minimum Gasteiger partial charge on any atom is -0.438 e. The van der Waals surface area contributed by atoms with E-state index in [1.54, 1.807) is 0 Å². The normalized spacial score (nSPS) is 11.1. The van der Waals surface area contributed by atoms with Crippen LogP contribution in [0.15, 0.2) is 21.0 Å². The van der Waals surface area contributed by atoms with Crippen molar-refractivity contribution >= 4 is 27.0 Å². The summed E-state index contributed by atoms with van der Waals surface area (Å²) in [5.74, 6) is 0.583. The van der Waals surface area contributed by atoms with E-state index in [0.29, 0.717) is 12.4 Å². The van der Waals surface area contributed by atoms with E-state index in [4.69, 9.17) is 10.2 Å². The van der Waals surface area contributed by atoms with Gasteiger partial charge in [-0.2, -0.15) is 0 Å². The molecular weight excluding hydrogens is 256 g/mol. The number of hydrogen-bond acceptors (Lipinski definition) is 3. The number of nitrogens with two attached hydrogens (primary N) is 1. The maximum Gasteiger partial charge on any atom is 0.209 e. The van der Waals surface area contributed by atoms with Gasteiger partial charge in [0, 0.05) is 0 Å². The van der Waals surface area contributed by atoms with Gasteiger partial charge in [0.1, 0.15) is 5.52 Å². The van der Waals surface area contributed by atoms with Crippen molar-refractivity contribution in [2.75, 3.05) is 0 Å². The number of oxazole rings is 1. The predicted octanol–water partition coefficient (Wildman–Crippen LogP) is 3.00. The topological polar surface area (TPSA) is 52.0 Å². The highest BCUT2D eigenvalue weighted by atomic mass is 79.9. The highest BCUT2D eigenvalue weighted by Crippen LogP contribution is 2.27. The first-order chi connectivity index (χ1) is 7.24. The third-order valence-corrected chi connectivity index (χ3v) is 2.85. The monoisotopic (exact) mass is 268 g/mol. The van der Waals surface area contributed by atoms with Gasteiger partial charge >= 0.3 is 0 Å². The van der Waals surface area contributed by atoms with E-state index in [9.17, 15) is 0 Å². The number of aromatic nitrogens is 1. The Labute approximate surface area is 96.8 Å². The summed E-state index contributed by atoms with van der Waals surface area (Å²) in [5.41, 5.74) is 8.43. The van der Waals surface area contributed by atoms with E-state index in [1.165, 1.54) is 5.56 Å². The maximum atomic E-state index is 5.50. The van der Waals surface area contributed by atoms with Crippen LogP contribution in [0.2, 0.25) is 0 Å². The van der Waals surface area contributed by atoms with Crippen LogP contribution < -0.4 is 5.73 Å². The molecule has 0 aliphatic rings. The highest BCUT2D eigenvalue weighted by molar-refractivity contribution is 9.10. The molecule has 0 atom stereocenters. The van der Waals surface area contributed by atoms with E-state index >= 15 is 0 Å². The average molecular weight is 269 g/mol. The predicted molar refractivity (Wildman–Crippen MR) is 63.6 cm³/mol. The molecule has 0 saturated heterocycles. The average Bonchev–Trinajstić information content (AvgIpc) is 2.62. The Morgan fingerprint density at radius 1 is 1.47 bits per heavy atom. The molecule has 0 amide bonds. The first kappa shape index (κ1) is 10.6. The summed E-state index contributed by atoms with van der Waals surface area (Å²) in [7, 11) is 0. The fraction of sp³-hybridized carbons (Fsp3) is 0.364. The number of rotatable bonds is 3. The number of aryl methyl sites for hydroxylation is 1. The molecule has 3 nitrogen and oxygen atoms in total. The molecule has 2 aromatic rings. The van der Waals surface area contributed by atoms with Crippen molar-refractivity contribution in [1.82, 2.24) is 4.98 Å². The molecule has 2 rings (SSSR count). The molecule has 1 aromatic heterocycles. The summed E-state index contributed by atoms with van der Waals surface area (Å²) in [6.07, 6.45) is 2.18. The molecule has 80 valence electrons. The zero-order valence-electron chi connectivity index (χ0n) is 8.59. The molecule has 0 fully saturated rings. The van der Waals surface area contributed by atoms with E-state index in [1.807, 2.05) is 0 Å². The van der Waals surface area contributed by atoms with E-state index in [0.717, 1.165) is 28.4 Å². The highest BCUT2D eigenvalue weighted by Gasteiger charge is 2.09. The van der Waals surface area contributed by atoms with Crippen LogP contribution >= 0.6 is 15.9 Å². The van der Waals surface area contributed by atoms with Crippen LogP contribution in [0.4, 0.5) is 0 Å². The fourth-order valence-corrected chi connectivity index (χ4v) is 2.19. The molecular formula is C11H13BrN2O. The first-order valence-electron chi connectivity index (χ1n) is 5.02. The van der Waals surface area contributed by atoms with Crippen molar-refractivity contribution in [2.45, 2.75) is 26.3 Å². The molecule has 1 aromatic carbocycles. The lowest BCUT2D eigenvalue weighted by atomic mass is 10.1. The summed E-state index contributed by atoms with van der Waals surface area (Å²) in [5, 5.41) is 0. The molecule has 0 aliphatic carbocycles. The third-order valence-electron chi connectivity index (χ3n) is 2.26. The summed E-state index contributed by atoms with van der Waals surface area (Å²) in [6, 6.07) is 4.14. The Bertz CT molecular complexity index is 479. The molecule has 0 radical (unpaired) electrons. The minimum absolute atomic E-state index is 0.338. The Balaban J connectivity index is 2.54. The molecule has 2 N–H and O–H groups in total. The molecule has 0 saturated carbocycles. The lowest BCUT2D eigenvalue weighted by Crippen LogP contribution is -1.95. The van der Waals surface area contributed by atoms with Crippen LogP contribution in [0.25, 0.3) is 11.1 Å². The number of benzene rings is 1. The number of nitrogens with zero attached hydrogens (tertiary/aromatic N) is 1. The SMILES string of the molecule is CCCc1cc(Br)c2oc(CN)nc2c1.